The van der Waals surface area contributed by atoms with Crippen LogP contribution in [0.4, 0.5) is 5.69 Å². The van der Waals surface area contributed by atoms with Gasteiger partial charge in [-0.15, -0.1) is 0 Å². The molecule has 0 bridgehead atoms. The largest absolute Gasteiger partial charge is 0.323 e. The zero-order valence-electron chi connectivity index (χ0n) is 12.2. The van der Waals surface area contributed by atoms with Crippen LogP contribution in [0.25, 0.3) is 0 Å². The van der Waals surface area contributed by atoms with Crippen LogP contribution in [0.2, 0.25) is 0 Å². The van der Waals surface area contributed by atoms with Crippen molar-refractivity contribution < 1.29 is 9.36 Å². The van der Waals surface area contributed by atoms with E-state index >= 15 is 0 Å². The summed E-state index contributed by atoms with van der Waals surface area (Å²) in [6.07, 6.45) is 5.83. The van der Waals surface area contributed by atoms with Crippen molar-refractivity contribution >= 4 is 11.6 Å². The minimum atomic E-state index is -0.0336. The fraction of sp³-hybridized carbons (Fsp3) is 0.111. The van der Waals surface area contributed by atoms with Crippen molar-refractivity contribution in [1.29, 1.82) is 0 Å². The lowest BCUT2D eigenvalue weighted by Crippen LogP contribution is -2.32. The molecule has 110 valence electrons. The van der Waals surface area contributed by atoms with E-state index in [0.717, 1.165) is 12.2 Å². The van der Waals surface area contributed by atoms with Gasteiger partial charge < -0.3 is 5.32 Å². The van der Waals surface area contributed by atoms with Gasteiger partial charge >= 0.3 is 0 Å². The van der Waals surface area contributed by atoms with Crippen molar-refractivity contribution in [3.63, 3.8) is 0 Å². The fourth-order valence-corrected chi connectivity index (χ4v) is 2.31. The number of para-hydroxylation sites is 1. The number of nitrogens with one attached hydrogen (secondary N) is 1. The number of aromatic nitrogens is 2. The van der Waals surface area contributed by atoms with E-state index < -0.39 is 0 Å². The number of amides is 1. The van der Waals surface area contributed by atoms with E-state index in [4.69, 9.17) is 0 Å². The Labute approximate surface area is 129 Å². The van der Waals surface area contributed by atoms with Crippen LogP contribution in [0, 0.1) is 0 Å². The summed E-state index contributed by atoms with van der Waals surface area (Å²) in [5.74, 6) is -0.0336. The molecule has 22 heavy (non-hydrogen) atoms. The third-order valence-electron chi connectivity index (χ3n) is 3.34. The molecular formula is C18H18N3O+. The number of nitrogens with zero attached hydrogens (tertiary/aromatic N) is 2. The molecule has 0 fully saturated rings. The van der Waals surface area contributed by atoms with Crippen LogP contribution in [-0.4, -0.2) is 10.5 Å². The highest BCUT2D eigenvalue weighted by Crippen LogP contribution is 2.05. The van der Waals surface area contributed by atoms with Gasteiger partial charge in [-0.1, -0.05) is 48.5 Å². The lowest BCUT2D eigenvalue weighted by Gasteiger charge is -2.02. The third kappa shape index (κ3) is 3.82. The van der Waals surface area contributed by atoms with Gasteiger partial charge in [-0.05, 0) is 17.7 Å². The van der Waals surface area contributed by atoms with Crippen molar-refractivity contribution in [1.82, 2.24) is 4.57 Å². The van der Waals surface area contributed by atoms with Crippen molar-refractivity contribution in [3.8, 4) is 0 Å². The molecule has 0 radical (unpaired) electrons. The Bertz CT molecular complexity index is 735. The highest BCUT2D eigenvalue weighted by molar-refractivity contribution is 5.90. The second kappa shape index (κ2) is 6.72. The normalized spacial score (nSPS) is 10.4. The summed E-state index contributed by atoms with van der Waals surface area (Å²) in [5.41, 5.74) is 2.05. The summed E-state index contributed by atoms with van der Waals surface area (Å²) in [6, 6.07) is 19.7. The van der Waals surface area contributed by atoms with Gasteiger partial charge in [-0.3, -0.25) is 4.79 Å². The quantitative estimate of drug-likeness (QED) is 0.721. The van der Waals surface area contributed by atoms with Crippen LogP contribution in [0.3, 0.4) is 0 Å². The van der Waals surface area contributed by atoms with Crippen molar-refractivity contribution in [2.75, 3.05) is 5.32 Å². The number of imidazole rings is 1. The molecule has 0 atom stereocenters. The Morgan fingerprint density at radius 1 is 1.00 bits per heavy atom. The molecule has 0 saturated carbocycles. The summed E-state index contributed by atoms with van der Waals surface area (Å²) in [6.45, 7) is 1.10. The summed E-state index contributed by atoms with van der Waals surface area (Å²) >= 11 is 0. The maximum Gasteiger partial charge on any atom is 0.266 e. The maximum atomic E-state index is 12.0. The van der Waals surface area contributed by atoms with E-state index in [-0.39, 0.29) is 5.91 Å². The number of anilines is 1. The van der Waals surface area contributed by atoms with Gasteiger partial charge in [-0.2, -0.15) is 0 Å². The lowest BCUT2D eigenvalue weighted by molar-refractivity contribution is -0.687. The van der Waals surface area contributed by atoms with Gasteiger partial charge in [0, 0.05) is 5.69 Å². The van der Waals surface area contributed by atoms with Crippen LogP contribution in [-0.2, 0) is 17.9 Å². The predicted molar refractivity (Wildman–Crippen MR) is 85.2 cm³/mol. The number of hydrogen-bond acceptors (Lipinski definition) is 1. The van der Waals surface area contributed by atoms with Gasteiger partial charge in [0.05, 0.1) is 0 Å². The molecule has 4 nitrogen and oxygen atoms in total. The highest BCUT2D eigenvalue weighted by atomic mass is 16.1. The molecule has 3 rings (SSSR count). The SMILES string of the molecule is O=C(Cn1cc[n+](Cc2ccccc2)c1)Nc1ccccc1. The standard InChI is InChI=1S/C18H17N3O/c22-18(19-17-9-5-2-6-10-17)14-21-12-11-20(15-21)13-16-7-3-1-4-8-16/h1-12,15H,13-14H2/p+1. The van der Waals surface area contributed by atoms with E-state index in [1.54, 1.807) is 0 Å². The molecule has 0 aliphatic carbocycles. The first-order valence-electron chi connectivity index (χ1n) is 7.23. The number of hydrogen-bond donors (Lipinski definition) is 1. The maximum absolute atomic E-state index is 12.0. The monoisotopic (exact) mass is 292 g/mol. The molecular weight excluding hydrogens is 274 g/mol. The predicted octanol–water partition coefficient (Wildman–Crippen LogP) is 2.46. The molecule has 0 aliphatic rings. The summed E-state index contributed by atoms with van der Waals surface area (Å²) < 4.78 is 3.94. The molecule has 1 N–H and O–H groups in total. The first-order chi connectivity index (χ1) is 10.8. The molecule has 1 amide bonds. The number of carbonyl (C=O) groups excluding carboxylic acids is 1. The Kier molecular flexibility index (Phi) is 4.30. The van der Waals surface area contributed by atoms with E-state index in [1.165, 1.54) is 5.56 Å². The second-order valence-corrected chi connectivity index (χ2v) is 5.16. The van der Waals surface area contributed by atoms with Crippen LogP contribution >= 0.6 is 0 Å². The first-order valence-corrected chi connectivity index (χ1v) is 7.23. The van der Waals surface area contributed by atoms with E-state index in [1.807, 2.05) is 71.8 Å². The van der Waals surface area contributed by atoms with Crippen molar-refractivity contribution in [3.05, 3.63) is 84.9 Å². The molecule has 4 heteroatoms. The zero-order chi connectivity index (χ0) is 15.2. The summed E-state index contributed by atoms with van der Waals surface area (Å²) in [7, 11) is 0. The Balaban J connectivity index is 1.58. The van der Waals surface area contributed by atoms with Gasteiger partial charge in [0.1, 0.15) is 18.9 Å². The smallest absolute Gasteiger partial charge is 0.266 e. The van der Waals surface area contributed by atoms with Crippen molar-refractivity contribution in [2.45, 2.75) is 13.1 Å². The number of carbonyl (C=O) groups is 1. The molecule has 2 aromatic carbocycles. The Morgan fingerprint density at radius 2 is 1.68 bits per heavy atom. The molecule has 0 aliphatic heterocycles. The van der Waals surface area contributed by atoms with Crippen LogP contribution in [0.15, 0.2) is 79.4 Å². The van der Waals surface area contributed by atoms with Gasteiger partial charge in [0.25, 0.3) is 5.91 Å². The minimum absolute atomic E-state index is 0.0336. The summed E-state index contributed by atoms with van der Waals surface area (Å²) in [5, 5.41) is 2.88. The molecule has 1 heterocycles. The van der Waals surface area contributed by atoms with Gasteiger partial charge in [-0.25, -0.2) is 9.13 Å². The molecule has 3 aromatic rings. The van der Waals surface area contributed by atoms with E-state index in [0.29, 0.717) is 6.54 Å². The number of benzene rings is 2. The zero-order valence-corrected chi connectivity index (χ0v) is 12.2. The molecule has 1 aromatic heterocycles. The van der Waals surface area contributed by atoms with Crippen LogP contribution < -0.4 is 9.88 Å². The van der Waals surface area contributed by atoms with Crippen LogP contribution in [0.5, 0.6) is 0 Å². The lowest BCUT2D eigenvalue weighted by atomic mass is 10.2. The molecule has 0 spiro atoms. The van der Waals surface area contributed by atoms with E-state index in [2.05, 4.69) is 22.0 Å². The highest BCUT2D eigenvalue weighted by Gasteiger charge is 2.09. The Morgan fingerprint density at radius 3 is 2.41 bits per heavy atom. The second-order valence-electron chi connectivity index (χ2n) is 5.16. The third-order valence-corrected chi connectivity index (χ3v) is 3.34. The number of rotatable bonds is 5. The molecule has 0 saturated heterocycles. The minimum Gasteiger partial charge on any atom is -0.323 e. The van der Waals surface area contributed by atoms with E-state index in [9.17, 15) is 4.79 Å². The Hall–Kier alpha value is -2.88. The topological polar surface area (TPSA) is 37.9 Å². The molecule has 0 unspecified atom stereocenters. The fourth-order valence-electron chi connectivity index (χ4n) is 2.31. The summed E-state index contributed by atoms with van der Waals surface area (Å²) in [4.78, 5) is 12.0. The average molecular weight is 292 g/mol. The van der Waals surface area contributed by atoms with Crippen LogP contribution in [0.1, 0.15) is 5.56 Å². The van der Waals surface area contributed by atoms with Gasteiger partial charge in [0.2, 0.25) is 6.33 Å². The van der Waals surface area contributed by atoms with Gasteiger partial charge in [0.15, 0.2) is 6.54 Å². The average Bonchev–Trinajstić information content (AvgIpc) is 2.96. The first kappa shape index (κ1) is 14.1. The van der Waals surface area contributed by atoms with Crippen molar-refractivity contribution in [2.24, 2.45) is 0 Å².